The molecule has 4 N–H and O–H groups in total. The molecule has 58 heavy (non-hydrogen) atoms. The molecule has 2 fully saturated rings. The number of fused-ring (bicyclic) bond motifs is 1. The second-order valence-corrected chi connectivity index (χ2v) is 17.2. The van der Waals surface area contributed by atoms with Crippen molar-refractivity contribution in [3.05, 3.63) is 34.4 Å². The van der Waals surface area contributed by atoms with Crippen LogP contribution in [0.2, 0.25) is 0 Å². The fourth-order valence-corrected chi connectivity index (χ4v) is 9.06. The molecule has 18 nitrogen and oxygen atoms in total. The van der Waals surface area contributed by atoms with Gasteiger partial charge in [-0.05, 0) is 79.9 Å². The van der Waals surface area contributed by atoms with Gasteiger partial charge in [-0.3, -0.25) is 24.0 Å². The summed E-state index contributed by atoms with van der Waals surface area (Å²) in [4.78, 5) is 66.5. The Morgan fingerprint density at radius 3 is 2.34 bits per heavy atom. The monoisotopic (exact) mass is 854 g/mol. The lowest BCUT2D eigenvalue weighted by atomic mass is 9.91. The van der Waals surface area contributed by atoms with Gasteiger partial charge in [0.2, 0.25) is 6.41 Å². The predicted molar refractivity (Wildman–Crippen MR) is 210 cm³/mol. The smallest absolute Gasteiger partial charge is 0.326 e. The van der Waals surface area contributed by atoms with Crippen LogP contribution in [-0.4, -0.2) is 146 Å². The normalized spacial score (nSPS) is 23.8. The number of allylic oxidation sites excluding steroid dienone is 1. The minimum atomic E-state index is -1.79. The summed E-state index contributed by atoms with van der Waals surface area (Å²) in [5, 5.41) is 46.9. The van der Waals surface area contributed by atoms with Gasteiger partial charge in [0.25, 0.3) is 5.91 Å². The van der Waals surface area contributed by atoms with Crippen LogP contribution in [0.15, 0.2) is 33.4 Å². The van der Waals surface area contributed by atoms with Gasteiger partial charge in [0.05, 0.1) is 6.61 Å². The Labute approximate surface area is 344 Å². The van der Waals surface area contributed by atoms with Crippen LogP contribution in [0.1, 0.15) is 88.9 Å². The minimum absolute atomic E-state index is 0.00201. The Balaban J connectivity index is 1.17. The molecule has 322 valence electrons. The highest BCUT2D eigenvalue weighted by Crippen LogP contribution is 2.36. The van der Waals surface area contributed by atoms with Crippen molar-refractivity contribution in [2.75, 3.05) is 32.6 Å². The number of aliphatic hydroxyl groups excluding tert-OH is 4. The zero-order valence-corrected chi connectivity index (χ0v) is 34.7. The molecule has 1 saturated heterocycles. The summed E-state index contributed by atoms with van der Waals surface area (Å²) in [6.07, 6.45) is -3.97. The van der Waals surface area contributed by atoms with E-state index in [1.54, 1.807) is 47.9 Å². The molecule has 1 aromatic carbocycles. The van der Waals surface area contributed by atoms with Gasteiger partial charge in [0, 0.05) is 54.3 Å². The van der Waals surface area contributed by atoms with E-state index in [4.69, 9.17) is 23.6 Å². The van der Waals surface area contributed by atoms with E-state index >= 15 is 0 Å². The topological polar surface area (TPSA) is 249 Å². The number of carbonyl (C=O) groups is 5. The first-order valence-electron chi connectivity index (χ1n) is 19.3. The van der Waals surface area contributed by atoms with Gasteiger partial charge in [0.1, 0.15) is 54.7 Å². The van der Waals surface area contributed by atoms with Gasteiger partial charge in [-0.2, -0.15) is 0 Å². The van der Waals surface area contributed by atoms with Gasteiger partial charge in [-0.25, -0.2) is 4.63 Å². The molecule has 1 aliphatic carbocycles. The average molecular weight is 855 g/mol. The van der Waals surface area contributed by atoms with Gasteiger partial charge >= 0.3 is 17.9 Å². The third-order valence-electron chi connectivity index (χ3n) is 9.96. The SMILES string of the molecule is C/C(=C(\CCOC(=O)CCCC(=O)O[C@H]1CC[C@H](N(C)C(=O)c2ccc3nonc3c2)CC1)SSCCC(C)C)N(C=O)CC(=O)OCC1OC(O)C(O)[C@H](O)C1O. The molecular formula is C38H54N4O14S2. The maximum Gasteiger partial charge on any atom is 0.326 e. The Hall–Kier alpha value is -3.79. The number of esters is 3. The van der Waals surface area contributed by atoms with Gasteiger partial charge in [-0.1, -0.05) is 35.4 Å². The van der Waals surface area contributed by atoms with Crippen LogP contribution < -0.4 is 0 Å². The van der Waals surface area contributed by atoms with Crippen molar-refractivity contribution in [1.82, 2.24) is 20.1 Å². The Kier molecular flexibility index (Phi) is 18.7. The molecule has 1 aromatic heterocycles. The maximum absolute atomic E-state index is 13.1. The summed E-state index contributed by atoms with van der Waals surface area (Å²) in [5.41, 5.74) is 2.00. The van der Waals surface area contributed by atoms with Gasteiger partial charge in [-0.15, -0.1) is 0 Å². The van der Waals surface area contributed by atoms with Gasteiger partial charge < -0.3 is 49.2 Å². The lowest BCUT2D eigenvalue weighted by molar-refractivity contribution is -0.287. The standard InChI is InChI=1S/C38H54N4O14S2/c1-22(2)15-17-57-58-30(23(3)42(21-43)19-33(46)53-20-29-34(47)35(48)36(49)38(51)55-29)14-16-52-31(44)6-5-7-32(45)54-26-11-9-25(10-12-26)41(4)37(50)24-8-13-27-28(18-24)40-56-39-27/h8,13,18,21-22,25-26,29,34-36,38,47-49,51H,5-7,9-12,14-17,19-20H2,1-4H3/b30-23-/t25-,26-,29?,34?,35-,36?,38?/m1/s1. The number of hydrogen-bond donors (Lipinski definition) is 4. The average Bonchev–Trinajstić information content (AvgIpc) is 3.68. The number of aliphatic hydroxyl groups is 4. The molecule has 2 aliphatic rings. The fraction of sp³-hybridized carbons (Fsp3) is 0.658. The molecule has 20 heteroatoms. The van der Waals surface area contributed by atoms with Crippen LogP contribution in [-0.2, 0) is 38.1 Å². The zero-order chi connectivity index (χ0) is 42.4. The lowest BCUT2D eigenvalue weighted by Gasteiger charge is -2.37. The zero-order valence-electron chi connectivity index (χ0n) is 33.1. The van der Waals surface area contributed by atoms with Crippen molar-refractivity contribution >= 4 is 62.8 Å². The van der Waals surface area contributed by atoms with E-state index in [9.17, 15) is 44.4 Å². The molecule has 2 amide bonds. The first kappa shape index (κ1) is 46.9. The summed E-state index contributed by atoms with van der Waals surface area (Å²) in [5.74, 6) is -0.617. The van der Waals surface area contributed by atoms with E-state index in [0.29, 0.717) is 65.2 Å². The number of aromatic nitrogens is 2. The van der Waals surface area contributed by atoms with Crippen LogP contribution in [0, 0.1) is 5.92 Å². The number of benzene rings is 1. The fourth-order valence-electron chi connectivity index (χ4n) is 6.29. The molecule has 5 atom stereocenters. The predicted octanol–water partition coefficient (Wildman–Crippen LogP) is 2.71. The number of rotatable bonds is 21. The van der Waals surface area contributed by atoms with E-state index < -0.39 is 61.8 Å². The highest BCUT2D eigenvalue weighted by Gasteiger charge is 2.43. The van der Waals surface area contributed by atoms with E-state index in [-0.39, 0.29) is 50.3 Å². The van der Waals surface area contributed by atoms with Crippen LogP contribution in [0.3, 0.4) is 0 Å². The van der Waals surface area contributed by atoms with Crippen molar-refractivity contribution in [1.29, 1.82) is 0 Å². The second kappa shape index (κ2) is 23.1. The number of carbonyl (C=O) groups excluding carboxylic acids is 5. The molecular weight excluding hydrogens is 801 g/mol. The highest BCUT2D eigenvalue weighted by atomic mass is 33.1. The first-order chi connectivity index (χ1) is 27.7. The molecule has 4 unspecified atom stereocenters. The third kappa shape index (κ3) is 13.9. The van der Waals surface area contributed by atoms with Crippen molar-refractivity contribution in [3.63, 3.8) is 0 Å². The molecule has 0 radical (unpaired) electrons. The molecule has 0 spiro atoms. The largest absolute Gasteiger partial charge is 0.465 e. The van der Waals surface area contributed by atoms with Crippen molar-refractivity contribution in [3.8, 4) is 0 Å². The number of nitrogens with zero attached hydrogens (tertiary/aromatic N) is 4. The molecule has 2 aromatic rings. The van der Waals surface area contributed by atoms with E-state index in [1.807, 2.05) is 0 Å². The van der Waals surface area contributed by atoms with E-state index in [2.05, 4.69) is 24.2 Å². The second-order valence-electron chi connectivity index (χ2n) is 14.7. The Bertz CT molecular complexity index is 1720. The summed E-state index contributed by atoms with van der Waals surface area (Å²) in [6, 6.07) is 5.01. The summed E-state index contributed by atoms with van der Waals surface area (Å²) < 4.78 is 26.0. The molecule has 0 bridgehead atoms. The number of amides is 2. The quantitative estimate of drug-likeness (QED) is 0.0463. The van der Waals surface area contributed by atoms with Crippen LogP contribution in [0.4, 0.5) is 0 Å². The third-order valence-corrected chi connectivity index (χ3v) is 12.6. The molecule has 1 saturated carbocycles. The highest BCUT2D eigenvalue weighted by molar-refractivity contribution is 8.78. The minimum Gasteiger partial charge on any atom is -0.465 e. The maximum atomic E-state index is 13.1. The first-order valence-corrected chi connectivity index (χ1v) is 21.6. The molecule has 4 rings (SSSR count). The van der Waals surface area contributed by atoms with Crippen molar-refractivity contribution in [2.24, 2.45) is 5.92 Å². The summed E-state index contributed by atoms with van der Waals surface area (Å²) in [6.45, 7) is 4.79. The van der Waals surface area contributed by atoms with E-state index in [1.165, 1.54) is 10.8 Å². The number of hydrogen-bond acceptors (Lipinski definition) is 18. The Morgan fingerprint density at radius 2 is 1.64 bits per heavy atom. The van der Waals surface area contributed by atoms with Crippen LogP contribution in [0.5, 0.6) is 0 Å². The summed E-state index contributed by atoms with van der Waals surface area (Å²) >= 11 is 0. The lowest BCUT2D eigenvalue weighted by Crippen LogP contribution is -2.58. The van der Waals surface area contributed by atoms with Crippen LogP contribution in [0.25, 0.3) is 11.0 Å². The molecule has 1 aliphatic heterocycles. The van der Waals surface area contributed by atoms with Crippen molar-refractivity contribution in [2.45, 2.75) is 121 Å². The summed E-state index contributed by atoms with van der Waals surface area (Å²) in [7, 11) is 4.72. The van der Waals surface area contributed by atoms with Crippen LogP contribution >= 0.6 is 21.6 Å². The Morgan fingerprint density at radius 1 is 0.931 bits per heavy atom. The molecule has 2 heterocycles. The van der Waals surface area contributed by atoms with E-state index in [0.717, 1.165) is 17.1 Å². The van der Waals surface area contributed by atoms with Crippen molar-refractivity contribution < 1.29 is 68.0 Å². The van der Waals surface area contributed by atoms with Gasteiger partial charge in [0.15, 0.2) is 6.29 Å². The number of ether oxygens (including phenoxy) is 4.